The van der Waals surface area contributed by atoms with Gasteiger partial charge in [-0.3, -0.25) is 0 Å². The molecular weight excluding hydrogens is 262 g/mol. The van der Waals surface area contributed by atoms with Gasteiger partial charge in [-0.15, -0.1) is 0 Å². The third kappa shape index (κ3) is 7.74. The first kappa shape index (κ1) is 17.5. The third-order valence-electron chi connectivity index (χ3n) is 3.70. The molecule has 1 aromatic rings. The lowest BCUT2D eigenvalue weighted by Gasteiger charge is -2.17. The van der Waals surface area contributed by atoms with Crippen molar-refractivity contribution in [3.63, 3.8) is 0 Å². The number of hydrogen-bond acceptors (Lipinski definition) is 3. The highest BCUT2D eigenvalue weighted by atomic mass is 16.5. The molecule has 0 fully saturated rings. The summed E-state index contributed by atoms with van der Waals surface area (Å²) in [6, 6.07) is 9.60. The van der Waals surface area contributed by atoms with Gasteiger partial charge < -0.3 is 10.1 Å². The molecule has 3 heteroatoms. The number of nitrogens with one attached hydrogen (secondary N) is 1. The van der Waals surface area contributed by atoms with Crippen LogP contribution in [0.15, 0.2) is 30.3 Å². The van der Waals surface area contributed by atoms with Gasteiger partial charge in [0.25, 0.3) is 0 Å². The standard InChI is InChI=1S/C18H29NO2/c1-3-4-5-6-7-8-12-15-17(18(20)21-2)19-16-13-10-9-11-14-16/h9-11,13-14,17,19H,3-8,12,15H2,1-2H3. The molecule has 21 heavy (non-hydrogen) atoms. The largest absolute Gasteiger partial charge is 0.467 e. The number of carbonyl (C=O) groups is 1. The highest BCUT2D eigenvalue weighted by Crippen LogP contribution is 2.14. The molecule has 1 rings (SSSR count). The average molecular weight is 291 g/mol. The van der Waals surface area contributed by atoms with Gasteiger partial charge in [0.1, 0.15) is 6.04 Å². The van der Waals surface area contributed by atoms with E-state index in [1.807, 2.05) is 30.3 Å². The maximum atomic E-state index is 11.8. The van der Waals surface area contributed by atoms with E-state index in [1.165, 1.54) is 45.6 Å². The van der Waals surface area contributed by atoms with E-state index in [9.17, 15) is 4.79 Å². The molecule has 0 radical (unpaired) electrons. The summed E-state index contributed by atoms with van der Waals surface area (Å²) in [6.07, 6.45) is 9.60. The molecule has 0 heterocycles. The van der Waals surface area contributed by atoms with E-state index in [0.29, 0.717) is 0 Å². The van der Waals surface area contributed by atoms with Crippen molar-refractivity contribution in [1.82, 2.24) is 0 Å². The van der Waals surface area contributed by atoms with Crippen LogP contribution < -0.4 is 5.32 Å². The van der Waals surface area contributed by atoms with Gasteiger partial charge in [0, 0.05) is 5.69 Å². The molecule has 0 aromatic heterocycles. The summed E-state index contributed by atoms with van der Waals surface area (Å²) in [6.45, 7) is 2.23. The monoisotopic (exact) mass is 291 g/mol. The second-order valence-corrected chi connectivity index (χ2v) is 5.50. The van der Waals surface area contributed by atoms with Crippen molar-refractivity contribution in [1.29, 1.82) is 0 Å². The van der Waals surface area contributed by atoms with E-state index in [2.05, 4.69) is 12.2 Å². The number of para-hydroxylation sites is 1. The van der Waals surface area contributed by atoms with Gasteiger partial charge in [0.15, 0.2) is 0 Å². The van der Waals surface area contributed by atoms with Crippen LogP contribution in [0.5, 0.6) is 0 Å². The zero-order chi connectivity index (χ0) is 15.3. The Bertz CT molecular complexity index is 378. The predicted octanol–water partition coefficient (Wildman–Crippen LogP) is 4.78. The van der Waals surface area contributed by atoms with E-state index < -0.39 is 0 Å². The lowest BCUT2D eigenvalue weighted by molar-refractivity contribution is -0.141. The topological polar surface area (TPSA) is 38.3 Å². The van der Waals surface area contributed by atoms with Crippen LogP contribution in [0.3, 0.4) is 0 Å². The van der Waals surface area contributed by atoms with Crippen molar-refractivity contribution < 1.29 is 9.53 Å². The fourth-order valence-corrected chi connectivity index (χ4v) is 2.43. The summed E-state index contributed by atoms with van der Waals surface area (Å²) < 4.78 is 4.89. The predicted molar refractivity (Wildman–Crippen MR) is 88.5 cm³/mol. The van der Waals surface area contributed by atoms with Gasteiger partial charge >= 0.3 is 5.97 Å². The Kier molecular flexibility index (Phi) is 9.34. The molecule has 0 bridgehead atoms. The molecule has 0 aliphatic carbocycles. The Hall–Kier alpha value is -1.51. The van der Waals surface area contributed by atoms with Crippen molar-refractivity contribution >= 4 is 11.7 Å². The van der Waals surface area contributed by atoms with Crippen molar-refractivity contribution in [2.45, 2.75) is 64.3 Å². The Balaban J connectivity index is 2.29. The minimum absolute atomic E-state index is 0.176. The fourth-order valence-electron chi connectivity index (χ4n) is 2.43. The molecule has 0 saturated heterocycles. The average Bonchev–Trinajstić information content (AvgIpc) is 2.53. The van der Waals surface area contributed by atoms with Gasteiger partial charge in [-0.25, -0.2) is 4.79 Å². The maximum absolute atomic E-state index is 11.8. The second kappa shape index (κ2) is 11.2. The van der Waals surface area contributed by atoms with E-state index in [1.54, 1.807) is 0 Å². The van der Waals surface area contributed by atoms with E-state index >= 15 is 0 Å². The van der Waals surface area contributed by atoms with Crippen LogP contribution in [0.4, 0.5) is 5.69 Å². The third-order valence-corrected chi connectivity index (χ3v) is 3.70. The molecule has 1 N–H and O–H groups in total. The maximum Gasteiger partial charge on any atom is 0.328 e. The second-order valence-electron chi connectivity index (χ2n) is 5.50. The number of carbonyl (C=O) groups excluding carboxylic acids is 1. The van der Waals surface area contributed by atoms with Gasteiger partial charge in [0.05, 0.1) is 7.11 Å². The molecule has 3 nitrogen and oxygen atoms in total. The summed E-state index contributed by atoms with van der Waals surface area (Å²) in [5.41, 5.74) is 0.968. The van der Waals surface area contributed by atoms with Gasteiger partial charge in [0.2, 0.25) is 0 Å². The van der Waals surface area contributed by atoms with E-state index in [0.717, 1.165) is 18.5 Å². The molecule has 0 aliphatic heterocycles. The summed E-state index contributed by atoms with van der Waals surface area (Å²) >= 11 is 0. The first-order valence-corrected chi connectivity index (χ1v) is 8.17. The van der Waals surface area contributed by atoms with Crippen molar-refractivity contribution in [3.8, 4) is 0 Å². The molecule has 118 valence electrons. The highest BCUT2D eigenvalue weighted by molar-refractivity contribution is 5.79. The normalized spacial score (nSPS) is 11.9. The Morgan fingerprint density at radius 3 is 2.29 bits per heavy atom. The van der Waals surface area contributed by atoms with Crippen LogP contribution in [-0.2, 0) is 9.53 Å². The van der Waals surface area contributed by atoms with Crippen molar-refractivity contribution in [3.05, 3.63) is 30.3 Å². The first-order chi connectivity index (χ1) is 10.3. The van der Waals surface area contributed by atoms with E-state index in [-0.39, 0.29) is 12.0 Å². The smallest absolute Gasteiger partial charge is 0.328 e. The molecule has 0 aliphatic rings. The Morgan fingerprint density at radius 1 is 1.05 bits per heavy atom. The lowest BCUT2D eigenvalue weighted by atomic mass is 10.0. The lowest BCUT2D eigenvalue weighted by Crippen LogP contribution is -2.30. The number of unbranched alkanes of at least 4 members (excludes halogenated alkanes) is 6. The molecule has 0 saturated carbocycles. The number of methoxy groups -OCH3 is 1. The number of hydrogen-bond donors (Lipinski definition) is 1. The first-order valence-electron chi connectivity index (χ1n) is 8.17. The minimum atomic E-state index is -0.243. The fraction of sp³-hybridized carbons (Fsp3) is 0.611. The molecule has 0 spiro atoms. The van der Waals surface area contributed by atoms with E-state index in [4.69, 9.17) is 4.74 Å². The Labute approximate surface area is 129 Å². The van der Waals surface area contributed by atoms with Crippen molar-refractivity contribution in [2.75, 3.05) is 12.4 Å². The van der Waals surface area contributed by atoms with Crippen LogP contribution in [0.1, 0.15) is 58.3 Å². The Morgan fingerprint density at radius 2 is 1.67 bits per heavy atom. The number of rotatable bonds is 11. The zero-order valence-electron chi connectivity index (χ0n) is 13.4. The molecule has 1 atom stereocenters. The van der Waals surface area contributed by atoms with Crippen LogP contribution in [-0.4, -0.2) is 19.1 Å². The van der Waals surface area contributed by atoms with Gasteiger partial charge in [-0.2, -0.15) is 0 Å². The SMILES string of the molecule is CCCCCCCCCC(Nc1ccccc1)C(=O)OC. The van der Waals surface area contributed by atoms with Crippen LogP contribution in [0.2, 0.25) is 0 Å². The van der Waals surface area contributed by atoms with Crippen LogP contribution >= 0.6 is 0 Å². The number of ether oxygens (including phenoxy) is 1. The highest BCUT2D eigenvalue weighted by Gasteiger charge is 2.18. The number of esters is 1. The minimum Gasteiger partial charge on any atom is -0.467 e. The van der Waals surface area contributed by atoms with Gasteiger partial charge in [-0.05, 0) is 18.6 Å². The summed E-state index contributed by atoms with van der Waals surface area (Å²) in [5.74, 6) is -0.176. The van der Waals surface area contributed by atoms with Crippen molar-refractivity contribution in [2.24, 2.45) is 0 Å². The van der Waals surface area contributed by atoms with Crippen LogP contribution in [0, 0.1) is 0 Å². The quantitative estimate of drug-likeness (QED) is 0.471. The van der Waals surface area contributed by atoms with Gasteiger partial charge in [-0.1, -0.05) is 70.1 Å². The molecule has 1 aromatic carbocycles. The summed E-state index contributed by atoms with van der Waals surface area (Å²) in [7, 11) is 1.45. The van der Waals surface area contributed by atoms with Crippen LogP contribution in [0.25, 0.3) is 0 Å². The molecular formula is C18H29NO2. The number of benzene rings is 1. The molecule has 0 amide bonds. The zero-order valence-corrected chi connectivity index (χ0v) is 13.4. The molecule has 1 unspecified atom stereocenters. The summed E-state index contributed by atoms with van der Waals surface area (Å²) in [4.78, 5) is 11.8. The number of anilines is 1. The summed E-state index contributed by atoms with van der Waals surface area (Å²) in [5, 5.41) is 3.27.